The van der Waals surface area contributed by atoms with Gasteiger partial charge in [0.25, 0.3) is 0 Å². The first kappa shape index (κ1) is 11.6. The number of hydrogen-bond donors (Lipinski definition) is 1. The second kappa shape index (κ2) is 4.87. The molecule has 0 spiro atoms. The molecule has 15 heavy (non-hydrogen) atoms. The average molecular weight is 214 g/mol. The van der Waals surface area contributed by atoms with Crippen LogP contribution in [-0.4, -0.2) is 11.1 Å². The predicted molar refractivity (Wildman–Crippen MR) is 51.6 cm³/mol. The standard InChI is InChI=1S/C11H12F2O2/c1-2-7(6-10(14)15)8-4-3-5-9(12)11(8)13/h3-5,7H,2,6H2,1H3,(H,14,15). The SMILES string of the molecule is CCC(CC(=O)O)c1cccc(F)c1F. The molecule has 1 aromatic rings. The van der Waals surface area contributed by atoms with E-state index in [1.54, 1.807) is 6.92 Å². The van der Waals surface area contributed by atoms with Crippen LogP contribution in [0.25, 0.3) is 0 Å². The van der Waals surface area contributed by atoms with Crippen molar-refractivity contribution in [3.63, 3.8) is 0 Å². The Morgan fingerprint density at radius 1 is 1.47 bits per heavy atom. The van der Waals surface area contributed by atoms with Crippen molar-refractivity contribution in [2.75, 3.05) is 0 Å². The number of halogens is 2. The van der Waals surface area contributed by atoms with E-state index in [4.69, 9.17) is 5.11 Å². The fourth-order valence-electron chi connectivity index (χ4n) is 1.52. The number of carbonyl (C=O) groups is 1. The number of carboxylic acid groups (broad SMARTS) is 1. The monoisotopic (exact) mass is 214 g/mol. The van der Waals surface area contributed by atoms with E-state index in [2.05, 4.69) is 0 Å². The normalized spacial score (nSPS) is 12.5. The molecule has 2 nitrogen and oxygen atoms in total. The molecule has 0 saturated carbocycles. The van der Waals surface area contributed by atoms with Crippen molar-refractivity contribution in [1.82, 2.24) is 0 Å². The Kier molecular flexibility index (Phi) is 3.77. The van der Waals surface area contributed by atoms with Crippen LogP contribution in [0.3, 0.4) is 0 Å². The first-order chi connectivity index (χ1) is 7.06. The summed E-state index contributed by atoms with van der Waals surface area (Å²) in [5.41, 5.74) is 0.139. The van der Waals surface area contributed by atoms with Crippen molar-refractivity contribution < 1.29 is 18.7 Å². The highest BCUT2D eigenvalue weighted by Crippen LogP contribution is 2.26. The molecule has 0 aliphatic carbocycles. The lowest BCUT2D eigenvalue weighted by molar-refractivity contribution is -0.137. The van der Waals surface area contributed by atoms with Gasteiger partial charge in [0, 0.05) is 0 Å². The van der Waals surface area contributed by atoms with Crippen molar-refractivity contribution in [3.05, 3.63) is 35.4 Å². The van der Waals surface area contributed by atoms with Crippen LogP contribution in [0.2, 0.25) is 0 Å². The zero-order valence-electron chi connectivity index (χ0n) is 8.34. The second-order valence-corrected chi connectivity index (χ2v) is 3.35. The Labute approximate surface area is 86.5 Å². The van der Waals surface area contributed by atoms with E-state index in [0.29, 0.717) is 6.42 Å². The minimum absolute atomic E-state index is 0.139. The molecule has 82 valence electrons. The van der Waals surface area contributed by atoms with Crippen LogP contribution in [0.1, 0.15) is 31.2 Å². The second-order valence-electron chi connectivity index (χ2n) is 3.35. The third-order valence-electron chi connectivity index (χ3n) is 2.34. The Morgan fingerprint density at radius 2 is 2.13 bits per heavy atom. The zero-order valence-corrected chi connectivity index (χ0v) is 8.34. The number of rotatable bonds is 4. The van der Waals surface area contributed by atoms with Gasteiger partial charge in [-0.2, -0.15) is 0 Å². The lowest BCUT2D eigenvalue weighted by Crippen LogP contribution is -2.08. The Bertz CT molecular complexity index is 364. The summed E-state index contributed by atoms with van der Waals surface area (Å²) in [6.45, 7) is 1.75. The van der Waals surface area contributed by atoms with E-state index < -0.39 is 23.5 Å². The molecule has 0 bridgehead atoms. The van der Waals surface area contributed by atoms with E-state index in [0.717, 1.165) is 6.07 Å². The summed E-state index contributed by atoms with van der Waals surface area (Å²) in [7, 11) is 0. The summed E-state index contributed by atoms with van der Waals surface area (Å²) in [4.78, 5) is 10.5. The molecule has 1 N–H and O–H groups in total. The molecule has 0 aliphatic heterocycles. The van der Waals surface area contributed by atoms with Gasteiger partial charge in [-0.15, -0.1) is 0 Å². The maximum atomic E-state index is 13.3. The van der Waals surface area contributed by atoms with Gasteiger partial charge >= 0.3 is 5.97 Å². The predicted octanol–water partition coefficient (Wildman–Crippen LogP) is 2.93. The molecule has 1 rings (SSSR count). The molecule has 4 heteroatoms. The van der Waals surface area contributed by atoms with E-state index in [1.165, 1.54) is 12.1 Å². The van der Waals surface area contributed by atoms with Crippen LogP contribution in [0, 0.1) is 11.6 Å². The minimum Gasteiger partial charge on any atom is -0.481 e. The van der Waals surface area contributed by atoms with E-state index in [9.17, 15) is 13.6 Å². The summed E-state index contributed by atoms with van der Waals surface area (Å²) < 4.78 is 26.2. The van der Waals surface area contributed by atoms with Gasteiger partial charge in [0.15, 0.2) is 11.6 Å². The number of benzene rings is 1. The molecule has 0 aliphatic rings. The molecule has 0 fully saturated rings. The molecule has 1 aromatic carbocycles. The number of aliphatic carboxylic acids is 1. The fraction of sp³-hybridized carbons (Fsp3) is 0.364. The van der Waals surface area contributed by atoms with E-state index in [1.807, 2.05) is 0 Å². The van der Waals surface area contributed by atoms with Crippen LogP contribution >= 0.6 is 0 Å². The van der Waals surface area contributed by atoms with Crippen LogP contribution in [0.4, 0.5) is 8.78 Å². The van der Waals surface area contributed by atoms with Gasteiger partial charge in [-0.1, -0.05) is 19.1 Å². The maximum Gasteiger partial charge on any atom is 0.303 e. The molecule has 0 saturated heterocycles. The lowest BCUT2D eigenvalue weighted by atomic mass is 9.93. The summed E-state index contributed by atoms with van der Waals surface area (Å²) >= 11 is 0. The molecular weight excluding hydrogens is 202 g/mol. The molecule has 1 atom stereocenters. The summed E-state index contributed by atoms with van der Waals surface area (Å²) in [5.74, 6) is -3.36. The van der Waals surface area contributed by atoms with Crippen LogP contribution in [0.15, 0.2) is 18.2 Å². The quantitative estimate of drug-likeness (QED) is 0.836. The highest BCUT2D eigenvalue weighted by atomic mass is 19.2. The average Bonchev–Trinajstić information content (AvgIpc) is 2.19. The first-order valence-corrected chi connectivity index (χ1v) is 4.72. The molecule has 0 amide bonds. The van der Waals surface area contributed by atoms with Crippen molar-refractivity contribution in [2.24, 2.45) is 0 Å². The zero-order chi connectivity index (χ0) is 11.4. The maximum absolute atomic E-state index is 13.3. The molecule has 0 heterocycles. The molecular formula is C11H12F2O2. The van der Waals surface area contributed by atoms with Gasteiger partial charge < -0.3 is 5.11 Å². The smallest absolute Gasteiger partial charge is 0.303 e. The van der Waals surface area contributed by atoms with E-state index in [-0.39, 0.29) is 12.0 Å². The van der Waals surface area contributed by atoms with Crippen LogP contribution in [-0.2, 0) is 4.79 Å². The highest BCUT2D eigenvalue weighted by molar-refractivity contribution is 5.68. The topological polar surface area (TPSA) is 37.3 Å². The van der Waals surface area contributed by atoms with Crippen molar-refractivity contribution in [2.45, 2.75) is 25.7 Å². The van der Waals surface area contributed by atoms with Crippen molar-refractivity contribution in [1.29, 1.82) is 0 Å². The third-order valence-corrected chi connectivity index (χ3v) is 2.34. The van der Waals surface area contributed by atoms with Gasteiger partial charge in [-0.05, 0) is 24.0 Å². The van der Waals surface area contributed by atoms with Gasteiger partial charge in [0.1, 0.15) is 0 Å². The number of carboxylic acids is 1. The van der Waals surface area contributed by atoms with Gasteiger partial charge in [0.2, 0.25) is 0 Å². The largest absolute Gasteiger partial charge is 0.481 e. The van der Waals surface area contributed by atoms with Gasteiger partial charge in [-0.25, -0.2) is 8.78 Å². The van der Waals surface area contributed by atoms with Gasteiger partial charge in [0.05, 0.1) is 6.42 Å². The van der Waals surface area contributed by atoms with Crippen molar-refractivity contribution >= 4 is 5.97 Å². The summed E-state index contributed by atoms with van der Waals surface area (Å²) in [6.07, 6.45) is 0.281. The molecule has 0 radical (unpaired) electrons. The van der Waals surface area contributed by atoms with Gasteiger partial charge in [-0.3, -0.25) is 4.79 Å². The first-order valence-electron chi connectivity index (χ1n) is 4.72. The summed E-state index contributed by atoms with van der Waals surface area (Å²) in [5, 5.41) is 8.62. The minimum atomic E-state index is -1.01. The molecule has 1 unspecified atom stereocenters. The number of hydrogen-bond acceptors (Lipinski definition) is 1. The Hall–Kier alpha value is -1.45. The van der Waals surface area contributed by atoms with Crippen LogP contribution < -0.4 is 0 Å². The van der Waals surface area contributed by atoms with Crippen LogP contribution in [0.5, 0.6) is 0 Å². The third kappa shape index (κ3) is 2.75. The lowest BCUT2D eigenvalue weighted by Gasteiger charge is -2.13. The summed E-state index contributed by atoms with van der Waals surface area (Å²) in [6, 6.07) is 3.83. The highest BCUT2D eigenvalue weighted by Gasteiger charge is 2.19. The van der Waals surface area contributed by atoms with Crippen molar-refractivity contribution in [3.8, 4) is 0 Å². The Morgan fingerprint density at radius 3 is 2.67 bits per heavy atom. The molecule has 0 aromatic heterocycles. The van der Waals surface area contributed by atoms with E-state index >= 15 is 0 Å². The Balaban J connectivity index is 3.01. The fourth-order valence-corrected chi connectivity index (χ4v) is 1.52.